The summed E-state index contributed by atoms with van der Waals surface area (Å²) >= 11 is 0. The molecule has 8 rings (SSSR count). The standard InChI is InChI=1S/C27H22F4O.C26H20F4O/c1-2-3-4-17-5-6-19-14-20(8-7-18(19)13-17)21-9-11-23(24(28)15-21)22-10-12-26(25(29)16-22)32-27(30)31;1-2-3-16-4-5-18-13-19(7-6-17(18)12-16)20-8-10-22(23(27)14-20)21-9-11-25(24(28)15-21)31-26(29)30/h5-16,27H,2-4H2,1H3;4-15,26H,2-3H2,1H3. The Bertz CT molecular complexity index is 2870. The number of ether oxygens (including phenoxy) is 2. The molecule has 0 heterocycles. The van der Waals surface area contributed by atoms with Crippen LogP contribution in [0.25, 0.3) is 66.1 Å². The minimum atomic E-state index is -3.13. The highest BCUT2D eigenvalue weighted by Crippen LogP contribution is 2.34. The number of aryl methyl sites for hydroxylation is 2. The molecule has 0 aromatic heterocycles. The van der Waals surface area contributed by atoms with Crippen LogP contribution in [0.2, 0.25) is 0 Å². The lowest BCUT2D eigenvalue weighted by atomic mass is 9.96. The van der Waals surface area contributed by atoms with Crippen LogP contribution in [0, 0.1) is 23.3 Å². The van der Waals surface area contributed by atoms with Gasteiger partial charge in [0.2, 0.25) is 0 Å². The average molecular weight is 863 g/mol. The van der Waals surface area contributed by atoms with Crippen LogP contribution >= 0.6 is 0 Å². The van der Waals surface area contributed by atoms with E-state index in [1.165, 1.54) is 35.4 Å². The van der Waals surface area contributed by atoms with E-state index in [4.69, 9.17) is 0 Å². The van der Waals surface area contributed by atoms with Crippen molar-refractivity contribution in [1.29, 1.82) is 0 Å². The number of halogens is 8. The smallest absolute Gasteiger partial charge is 0.387 e. The third-order valence-electron chi connectivity index (χ3n) is 10.7. The zero-order chi connectivity index (χ0) is 44.6. The van der Waals surface area contributed by atoms with Crippen molar-refractivity contribution in [2.75, 3.05) is 0 Å². The Hall–Kier alpha value is -6.68. The van der Waals surface area contributed by atoms with Crippen LogP contribution in [0.4, 0.5) is 35.1 Å². The Balaban J connectivity index is 0.000000189. The van der Waals surface area contributed by atoms with Gasteiger partial charge in [-0.3, -0.25) is 0 Å². The quantitative estimate of drug-likeness (QED) is 0.108. The van der Waals surface area contributed by atoms with E-state index in [0.717, 1.165) is 89.0 Å². The van der Waals surface area contributed by atoms with Crippen molar-refractivity contribution < 1.29 is 44.6 Å². The Kier molecular flexibility index (Phi) is 14.1. The van der Waals surface area contributed by atoms with Crippen molar-refractivity contribution in [1.82, 2.24) is 0 Å². The molecule has 0 atom stereocenters. The molecule has 10 heteroatoms. The molecule has 0 amide bonds. The van der Waals surface area contributed by atoms with Gasteiger partial charge in [0.25, 0.3) is 0 Å². The second-order valence-electron chi connectivity index (χ2n) is 15.1. The Labute approximate surface area is 360 Å². The van der Waals surface area contributed by atoms with Crippen molar-refractivity contribution in [3.05, 3.63) is 180 Å². The van der Waals surface area contributed by atoms with Gasteiger partial charge in [0.05, 0.1) is 0 Å². The normalized spacial score (nSPS) is 11.3. The van der Waals surface area contributed by atoms with E-state index >= 15 is 0 Å². The topological polar surface area (TPSA) is 18.5 Å². The SMILES string of the molecule is CCCCc1ccc2cc(-c3ccc(-c4ccc(OC(F)F)c(F)c4)c(F)c3)ccc2c1.CCCc1ccc2cc(-c3ccc(-c4ccc(OC(F)F)c(F)c4)c(F)c3)ccc2c1. The number of hydrogen-bond acceptors (Lipinski definition) is 2. The summed E-state index contributed by atoms with van der Waals surface area (Å²) in [5.41, 5.74) is 6.56. The predicted octanol–water partition coefficient (Wildman–Crippen LogP) is 16.4. The lowest BCUT2D eigenvalue weighted by molar-refractivity contribution is -0.0527. The van der Waals surface area contributed by atoms with Crippen LogP contribution in [0.5, 0.6) is 11.5 Å². The molecule has 0 aliphatic heterocycles. The van der Waals surface area contributed by atoms with Gasteiger partial charge >= 0.3 is 13.2 Å². The Morgan fingerprint density at radius 1 is 0.365 bits per heavy atom. The van der Waals surface area contributed by atoms with Gasteiger partial charge in [0.1, 0.15) is 11.6 Å². The van der Waals surface area contributed by atoms with Crippen LogP contribution in [-0.2, 0) is 12.8 Å². The van der Waals surface area contributed by atoms with Crippen molar-refractivity contribution in [3.8, 4) is 56.0 Å². The van der Waals surface area contributed by atoms with E-state index in [0.29, 0.717) is 11.1 Å². The zero-order valence-corrected chi connectivity index (χ0v) is 34.4. The fraction of sp³-hybridized carbons (Fsp3) is 0.170. The fourth-order valence-corrected chi connectivity index (χ4v) is 7.51. The number of unbranched alkanes of at least 4 members (excludes halogenated alkanes) is 1. The molecule has 0 saturated heterocycles. The van der Waals surface area contributed by atoms with E-state index in [-0.39, 0.29) is 22.3 Å². The lowest BCUT2D eigenvalue weighted by Crippen LogP contribution is -2.03. The second kappa shape index (κ2) is 20.0. The molecule has 0 saturated carbocycles. The molecule has 8 aromatic carbocycles. The fourth-order valence-electron chi connectivity index (χ4n) is 7.51. The Morgan fingerprint density at radius 3 is 1.13 bits per heavy atom. The van der Waals surface area contributed by atoms with E-state index in [2.05, 4.69) is 59.7 Å². The summed E-state index contributed by atoms with van der Waals surface area (Å²) < 4.78 is 115. The van der Waals surface area contributed by atoms with Gasteiger partial charge in [-0.2, -0.15) is 17.6 Å². The maximum absolute atomic E-state index is 14.9. The third-order valence-corrected chi connectivity index (χ3v) is 10.7. The van der Waals surface area contributed by atoms with Gasteiger partial charge in [0.15, 0.2) is 23.1 Å². The molecule has 63 heavy (non-hydrogen) atoms. The molecule has 0 radical (unpaired) electrons. The minimum absolute atomic E-state index is 0.177. The molecule has 2 nitrogen and oxygen atoms in total. The van der Waals surface area contributed by atoms with Crippen molar-refractivity contribution in [2.45, 2.75) is 59.2 Å². The van der Waals surface area contributed by atoms with Gasteiger partial charge in [-0.1, -0.05) is 124 Å². The summed E-state index contributed by atoms with van der Waals surface area (Å²) in [6.07, 6.45) is 5.47. The van der Waals surface area contributed by atoms with E-state index in [9.17, 15) is 35.1 Å². The Morgan fingerprint density at radius 2 is 0.730 bits per heavy atom. The number of fused-ring (bicyclic) bond motifs is 2. The number of alkyl halides is 4. The molecule has 0 spiro atoms. The summed E-state index contributed by atoms with van der Waals surface area (Å²) in [5, 5.41) is 4.41. The monoisotopic (exact) mass is 862 g/mol. The summed E-state index contributed by atoms with van der Waals surface area (Å²) in [6, 6.07) is 41.0. The van der Waals surface area contributed by atoms with Gasteiger partial charge < -0.3 is 9.47 Å². The maximum atomic E-state index is 14.9. The molecular formula is C53H42F8O2. The molecule has 0 aliphatic carbocycles. The highest BCUT2D eigenvalue weighted by atomic mass is 19.3. The van der Waals surface area contributed by atoms with E-state index < -0.39 is 48.0 Å². The molecule has 0 fully saturated rings. The number of rotatable bonds is 13. The highest BCUT2D eigenvalue weighted by Gasteiger charge is 2.16. The molecular weight excluding hydrogens is 821 g/mol. The van der Waals surface area contributed by atoms with Crippen LogP contribution in [0.15, 0.2) is 146 Å². The first kappa shape index (κ1) is 44.4. The van der Waals surface area contributed by atoms with Gasteiger partial charge in [0, 0.05) is 11.1 Å². The first-order chi connectivity index (χ1) is 30.4. The predicted molar refractivity (Wildman–Crippen MR) is 235 cm³/mol. The first-order valence-electron chi connectivity index (χ1n) is 20.5. The van der Waals surface area contributed by atoms with Crippen LogP contribution in [0.3, 0.4) is 0 Å². The molecule has 0 N–H and O–H groups in total. The van der Waals surface area contributed by atoms with Gasteiger partial charge in [-0.25, -0.2) is 17.6 Å². The van der Waals surface area contributed by atoms with Crippen molar-refractivity contribution in [2.24, 2.45) is 0 Å². The summed E-state index contributed by atoms with van der Waals surface area (Å²) in [6.45, 7) is -1.94. The largest absolute Gasteiger partial charge is 0.432 e. The lowest BCUT2D eigenvalue weighted by Gasteiger charge is -2.10. The van der Waals surface area contributed by atoms with Crippen LogP contribution in [-0.4, -0.2) is 13.2 Å². The molecule has 322 valence electrons. The highest BCUT2D eigenvalue weighted by molar-refractivity contribution is 5.89. The van der Waals surface area contributed by atoms with Crippen molar-refractivity contribution >= 4 is 21.5 Å². The second-order valence-corrected chi connectivity index (χ2v) is 15.1. The van der Waals surface area contributed by atoms with Crippen LogP contribution < -0.4 is 9.47 Å². The van der Waals surface area contributed by atoms with Gasteiger partial charge in [-0.15, -0.1) is 0 Å². The van der Waals surface area contributed by atoms with E-state index in [1.54, 1.807) is 24.3 Å². The average Bonchev–Trinajstić information content (AvgIpc) is 3.26. The third kappa shape index (κ3) is 10.9. The molecule has 0 unspecified atom stereocenters. The summed E-state index contributed by atoms with van der Waals surface area (Å²) in [5.74, 6) is -4.15. The number of hydrogen-bond donors (Lipinski definition) is 0. The van der Waals surface area contributed by atoms with Gasteiger partial charge in [-0.05, 0) is 134 Å². The molecule has 0 aliphatic rings. The maximum Gasteiger partial charge on any atom is 0.387 e. The molecule has 0 bridgehead atoms. The minimum Gasteiger partial charge on any atom is -0.432 e. The zero-order valence-electron chi connectivity index (χ0n) is 34.4. The van der Waals surface area contributed by atoms with Crippen LogP contribution in [0.1, 0.15) is 44.2 Å². The summed E-state index contributed by atoms with van der Waals surface area (Å²) in [4.78, 5) is 0. The van der Waals surface area contributed by atoms with Crippen molar-refractivity contribution in [3.63, 3.8) is 0 Å². The first-order valence-corrected chi connectivity index (χ1v) is 20.5. The number of benzene rings is 8. The molecule has 8 aromatic rings. The summed E-state index contributed by atoms with van der Waals surface area (Å²) in [7, 11) is 0. The van der Waals surface area contributed by atoms with E-state index in [1.807, 2.05) is 36.4 Å².